The van der Waals surface area contributed by atoms with E-state index in [1.165, 1.54) is 4.88 Å². The summed E-state index contributed by atoms with van der Waals surface area (Å²) in [6.07, 6.45) is 5.37. The van der Waals surface area contributed by atoms with E-state index in [2.05, 4.69) is 39.0 Å². The van der Waals surface area contributed by atoms with E-state index in [1.807, 2.05) is 24.7 Å². The minimum absolute atomic E-state index is 0.233. The first-order valence-corrected chi connectivity index (χ1v) is 6.91. The molecule has 3 rings (SSSR count). The van der Waals surface area contributed by atoms with Gasteiger partial charge >= 0.3 is 0 Å². The molecule has 0 fully saturated rings. The first-order chi connectivity index (χ1) is 9.27. The molecule has 1 atom stereocenters. The van der Waals surface area contributed by atoms with Gasteiger partial charge in [0.15, 0.2) is 0 Å². The fourth-order valence-electron chi connectivity index (χ4n) is 2.12. The third-order valence-electron chi connectivity index (χ3n) is 3.15. The molecule has 4 nitrogen and oxygen atoms in total. The van der Waals surface area contributed by atoms with Gasteiger partial charge in [0, 0.05) is 16.6 Å². The summed E-state index contributed by atoms with van der Waals surface area (Å²) in [6.45, 7) is 2.16. The number of pyridine rings is 1. The average Bonchev–Trinajstić information content (AvgIpc) is 3.10. The SMILES string of the molecule is CC(c1cccs1)n1cncc1-c1cccnc1N. The lowest BCUT2D eigenvalue weighted by Crippen LogP contribution is -2.06. The highest BCUT2D eigenvalue weighted by Gasteiger charge is 2.15. The highest BCUT2D eigenvalue weighted by atomic mass is 32.1. The normalized spacial score (nSPS) is 12.5. The van der Waals surface area contributed by atoms with Crippen LogP contribution in [0.5, 0.6) is 0 Å². The fourth-order valence-corrected chi connectivity index (χ4v) is 2.90. The molecular formula is C14H14N4S. The number of nitrogens with zero attached hydrogens (tertiary/aromatic N) is 3. The lowest BCUT2D eigenvalue weighted by molar-refractivity contribution is 0.656. The zero-order chi connectivity index (χ0) is 13.2. The van der Waals surface area contributed by atoms with Gasteiger partial charge < -0.3 is 10.3 Å². The molecule has 0 spiro atoms. The third kappa shape index (κ3) is 2.13. The topological polar surface area (TPSA) is 56.7 Å². The molecule has 3 aromatic rings. The Morgan fingerprint density at radius 2 is 2.21 bits per heavy atom. The third-order valence-corrected chi connectivity index (χ3v) is 4.20. The van der Waals surface area contributed by atoms with Crippen molar-refractivity contribution in [2.45, 2.75) is 13.0 Å². The molecule has 5 heteroatoms. The number of nitrogen functional groups attached to an aromatic ring is 1. The van der Waals surface area contributed by atoms with E-state index in [4.69, 9.17) is 5.73 Å². The van der Waals surface area contributed by atoms with Crippen LogP contribution in [0.4, 0.5) is 5.82 Å². The fraction of sp³-hybridized carbons (Fsp3) is 0.143. The van der Waals surface area contributed by atoms with Crippen LogP contribution in [0.1, 0.15) is 17.8 Å². The van der Waals surface area contributed by atoms with Crippen molar-refractivity contribution in [3.63, 3.8) is 0 Å². The van der Waals surface area contributed by atoms with E-state index < -0.39 is 0 Å². The number of thiophene rings is 1. The van der Waals surface area contributed by atoms with Crippen molar-refractivity contribution in [3.05, 3.63) is 53.2 Å². The molecular weight excluding hydrogens is 256 g/mol. The Balaban J connectivity index is 2.06. The Hall–Kier alpha value is -2.14. The van der Waals surface area contributed by atoms with Crippen molar-refractivity contribution >= 4 is 17.2 Å². The van der Waals surface area contributed by atoms with Crippen molar-refractivity contribution < 1.29 is 0 Å². The van der Waals surface area contributed by atoms with Crippen LogP contribution in [-0.4, -0.2) is 14.5 Å². The second kappa shape index (κ2) is 4.85. The molecule has 3 heterocycles. The van der Waals surface area contributed by atoms with E-state index in [1.54, 1.807) is 17.5 Å². The van der Waals surface area contributed by atoms with Gasteiger partial charge in [0.2, 0.25) is 0 Å². The summed E-state index contributed by atoms with van der Waals surface area (Å²) in [4.78, 5) is 9.69. The molecule has 0 saturated carbocycles. The van der Waals surface area contributed by atoms with Gasteiger partial charge in [-0.3, -0.25) is 0 Å². The molecule has 2 N–H and O–H groups in total. The molecule has 0 radical (unpaired) electrons. The number of aromatic nitrogens is 3. The van der Waals surface area contributed by atoms with Crippen LogP contribution in [0.2, 0.25) is 0 Å². The van der Waals surface area contributed by atoms with Crippen molar-refractivity contribution in [2.75, 3.05) is 5.73 Å². The zero-order valence-corrected chi connectivity index (χ0v) is 11.3. The van der Waals surface area contributed by atoms with Gasteiger partial charge in [0.1, 0.15) is 5.82 Å². The van der Waals surface area contributed by atoms with Crippen molar-refractivity contribution in [2.24, 2.45) is 0 Å². The second-order valence-corrected chi connectivity index (χ2v) is 5.29. The van der Waals surface area contributed by atoms with E-state index in [-0.39, 0.29) is 6.04 Å². The quantitative estimate of drug-likeness (QED) is 0.795. The van der Waals surface area contributed by atoms with Crippen LogP contribution in [0.3, 0.4) is 0 Å². The summed E-state index contributed by atoms with van der Waals surface area (Å²) < 4.78 is 2.12. The van der Waals surface area contributed by atoms with Crippen molar-refractivity contribution in [1.82, 2.24) is 14.5 Å². The van der Waals surface area contributed by atoms with Crippen LogP contribution >= 0.6 is 11.3 Å². The molecule has 3 aromatic heterocycles. The van der Waals surface area contributed by atoms with Crippen LogP contribution in [0, 0.1) is 0 Å². The van der Waals surface area contributed by atoms with Gasteiger partial charge in [-0.2, -0.15) is 0 Å². The van der Waals surface area contributed by atoms with Crippen molar-refractivity contribution in [3.8, 4) is 11.3 Å². The predicted octanol–water partition coefficient (Wildman–Crippen LogP) is 3.20. The van der Waals surface area contributed by atoms with Gasteiger partial charge in [-0.1, -0.05) is 6.07 Å². The number of anilines is 1. The van der Waals surface area contributed by atoms with Gasteiger partial charge in [0.05, 0.1) is 24.3 Å². The molecule has 0 aliphatic rings. The van der Waals surface area contributed by atoms with Crippen LogP contribution in [0.15, 0.2) is 48.4 Å². The maximum atomic E-state index is 5.95. The Kier molecular flexibility index (Phi) is 3.05. The van der Waals surface area contributed by atoms with Gasteiger partial charge in [-0.15, -0.1) is 11.3 Å². The Morgan fingerprint density at radius 1 is 1.32 bits per heavy atom. The summed E-state index contributed by atoms with van der Waals surface area (Å²) >= 11 is 1.74. The van der Waals surface area contributed by atoms with Gasteiger partial charge in [-0.05, 0) is 30.5 Å². The summed E-state index contributed by atoms with van der Waals surface area (Å²) in [5.41, 5.74) is 7.86. The molecule has 19 heavy (non-hydrogen) atoms. The highest BCUT2D eigenvalue weighted by molar-refractivity contribution is 7.10. The van der Waals surface area contributed by atoms with Crippen LogP contribution < -0.4 is 5.73 Å². The number of nitrogens with two attached hydrogens (primary N) is 1. The van der Waals surface area contributed by atoms with Crippen LogP contribution in [-0.2, 0) is 0 Å². The Morgan fingerprint density at radius 3 is 2.95 bits per heavy atom. The molecule has 0 bridgehead atoms. The minimum atomic E-state index is 0.233. The monoisotopic (exact) mass is 270 g/mol. The molecule has 1 unspecified atom stereocenters. The lowest BCUT2D eigenvalue weighted by Gasteiger charge is -2.15. The maximum absolute atomic E-state index is 5.95. The van der Waals surface area contributed by atoms with Gasteiger partial charge in [-0.25, -0.2) is 9.97 Å². The number of imidazole rings is 1. The second-order valence-electron chi connectivity index (χ2n) is 4.31. The van der Waals surface area contributed by atoms with Gasteiger partial charge in [0.25, 0.3) is 0 Å². The highest BCUT2D eigenvalue weighted by Crippen LogP contribution is 2.30. The standard InChI is InChI=1S/C14H14N4S/c1-10(13-5-3-7-19-13)18-9-16-8-12(18)11-4-2-6-17-14(11)15/h2-10H,1H3,(H2,15,17). The molecule has 0 aromatic carbocycles. The first kappa shape index (κ1) is 11.9. The van der Waals surface area contributed by atoms with E-state index >= 15 is 0 Å². The predicted molar refractivity (Wildman–Crippen MR) is 78.0 cm³/mol. The van der Waals surface area contributed by atoms with E-state index in [9.17, 15) is 0 Å². The largest absolute Gasteiger partial charge is 0.383 e. The average molecular weight is 270 g/mol. The Labute approximate surface area is 115 Å². The zero-order valence-electron chi connectivity index (χ0n) is 10.5. The lowest BCUT2D eigenvalue weighted by atomic mass is 10.1. The van der Waals surface area contributed by atoms with E-state index in [0.29, 0.717) is 5.82 Å². The molecule has 0 aliphatic carbocycles. The molecule has 0 amide bonds. The molecule has 0 aliphatic heterocycles. The smallest absolute Gasteiger partial charge is 0.132 e. The van der Waals surface area contributed by atoms with E-state index in [0.717, 1.165) is 11.3 Å². The van der Waals surface area contributed by atoms with Crippen LogP contribution in [0.25, 0.3) is 11.3 Å². The summed E-state index contributed by atoms with van der Waals surface area (Å²) in [5.74, 6) is 0.530. The first-order valence-electron chi connectivity index (χ1n) is 6.03. The molecule has 96 valence electrons. The maximum Gasteiger partial charge on any atom is 0.132 e. The number of hydrogen-bond donors (Lipinski definition) is 1. The Bertz CT molecular complexity index is 672. The van der Waals surface area contributed by atoms with Crippen molar-refractivity contribution in [1.29, 1.82) is 0 Å². The number of hydrogen-bond acceptors (Lipinski definition) is 4. The molecule has 0 saturated heterocycles. The summed E-state index contributed by atoms with van der Waals surface area (Å²) in [6, 6.07) is 8.28. The minimum Gasteiger partial charge on any atom is -0.383 e. The number of rotatable bonds is 3. The summed E-state index contributed by atoms with van der Waals surface area (Å²) in [5, 5.41) is 2.08. The summed E-state index contributed by atoms with van der Waals surface area (Å²) in [7, 11) is 0.